The van der Waals surface area contributed by atoms with E-state index in [-0.39, 0.29) is 5.60 Å². The zero-order chi connectivity index (χ0) is 12.7. The summed E-state index contributed by atoms with van der Waals surface area (Å²) in [6, 6.07) is 11.0. The van der Waals surface area contributed by atoms with Gasteiger partial charge in [0.2, 0.25) is 0 Å². The van der Waals surface area contributed by atoms with Gasteiger partial charge in [0, 0.05) is 13.2 Å². The molecule has 0 heterocycles. The highest BCUT2D eigenvalue weighted by Gasteiger charge is 2.27. The summed E-state index contributed by atoms with van der Waals surface area (Å²) in [5.41, 5.74) is 1.31. The number of benzene rings is 1. The van der Waals surface area contributed by atoms with E-state index in [1.807, 2.05) is 7.05 Å². The molecule has 0 aliphatic rings. The van der Waals surface area contributed by atoms with E-state index in [4.69, 9.17) is 4.74 Å². The number of likely N-dealkylation sites (N-methyl/N-ethyl adjacent to an activating group) is 1. The van der Waals surface area contributed by atoms with Gasteiger partial charge in [0.15, 0.2) is 0 Å². The van der Waals surface area contributed by atoms with Gasteiger partial charge in [-0.2, -0.15) is 0 Å². The van der Waals surface area contributed by atoms with Crippen LogP contribution < -0.4 is 5.32 Å². The van der Waals surface area contributed by atoms with Crippen molar-refractivity contribution in [3.8, 4) is 0 Å². The van der Waals surface area contributed by atoms with Crippen LogP contribution in [0.2, 0.25) is 0 Å². The SMILES string of the molecule is CNC(CCCc1ccccc1)C(C)(C)OC. The van der Waals surface area contributed by atoms with Crippen molar-refractivity contribution in [3.63, 3.8) is 0 Å². The lowest BCUT2D eigenvalue weighted by atomic mass is 9.93. The molecular weight excluding hydrogens is 210 g/mol. The fraction of sp³-hybridized carbons (Fsp3) is 0.600. The summed E-state index contributed by atoms with van der Waals surface area (Å²) < 4.78 is 5.53. The molecule has 0 saturated carbocycles. The molecule has 1 aromatic rings. The Kier molecular flexibility index (Phi) is 5.66. The third-order valence-electron chi connectivity index (χ3n) is 3.51. The van der Waals surface area contributed by atoms with E-state index >= 15 is 0 Å². The maximum atomic E-state index is 5.53. The molecule has 0 aromatic heterocycles. The van der Waals surface area contributed by atoms with Gasteiger partial charge in [-0.25, -0.2) is 0 Å². The Morgan fingerprint density at radius 1 is 1.24 bits per heavy atom. The van der Waals surface area contributed by atoms with Crippen molar-refractivity contribution < 1.29 is 4.74 Å². The van der Waals surface area contributed by atoms with Crippen molar-refractivity contribution >= 4 is 0 Å². The predicted octanol–water partition coefficient (Wildman–Crippen LogP) is 3.02. The molecule has 2 heteroatoms. The minimum absolute atomic E-state index is 0.106. The maximum absolute atomic E-state index is 5.53. The van der Waals surface area contributed by atoms with Gasteiger partial charge in [0.05, 0.1) is 5.60 Å². The number of hydrogen-bond donors (Lipinski definition) is 1. The summed E-state index contributed by atoms with van der Waals surface area (Å²) in [5.74, 6) is 0. The molecule has 1 unspecified atom stereocenters. The van der Waals surface area contributed by atoms with E-state index in [1.165, 1.54) is 12.0 Å². The van der Waals surface area contributed by atoms with E-state index < -0.39 is 0 Å². The van der Waals surface area contributed by atoms with Crippen LogP contribution >= 0.6 is 0 Å². The first-order valence-corrected chi connectivity index (χ1v) is 6.36. The number of nitrogens with one attached hydrogen (secondary N) is 1. The fourth-order valence-electron chi connectivity index (χ4n) is 2.14. The summed E-state index contributed by atoms with van der Waals surface area (Å²) in [5, 5.41) is 3.35. The summed E-state index contributed by atoms with van der Waals surface area (Å²) in [6.07, 6.45) is 3.45. The number of methoxy groups -OCH3 is 1. The minimum atomic E-state index is -0.106. The highest BCUT2D eigenvalue weighted by molar-refractivity contribution is 5.14. The molecule has 1 N–H and O–H groups in total. The third kappa shape index (κ3) is 4.49. The highest BCUT2D eigenvalue weighted by atomic mass is 16.5. The lowest BCUT2D eigenvalue weighted by molar-refractivity contribution is -0.0108. The van der Waals surface area contributed by atoms with Gasteiger partial charge in [-0.3, -0.25) is 0 Å². The highest BCUT2D eigenvalue weighted by Crippen LogP contribution is 2.18. The van der Waals surface area contributed by atoms with Gasteiger partial charge in [0.25, 0.3) is 0 Å². The van der Waals surface area contributed by atoms with Gasteiger partial charge in [-0.1, -0.05) is 30.3 Å². The molecule has 0 radical (unpaired) electrons. The first-order valence-electron chi connectivity index (χ1n) is 6.36. The Hall–Kier alpha value is -0.860. The molecule has 0 spiro atoms. The van der Waals surface area contributed by atoms with Gasteiger partial charge < -0.3 is 10.1 Å². The fourth-order valence-corrected chi connectivity index (χ4v) is 2.14. The summed E-state index contributed by atoms with van der Waals surface area (Å²) in [4.78, 5) is 0. The number of ether oxygens (including phenoxy) is 1. The van der Waals surface area contributed by atoms with E-state index in [2.05, 4.69) is 49.5 Å². The average Bonchev–Trinajstić information content (AvgIpc) is 2.35. The minimum Gasteiger partial charge on any atom is -0.377 e. The first-order chi connectivity index (χ1) is 8.10. The van der Waals surface area contributed by atoms with Crippen molar-refractivity contribution in [1.82, 2.24) is 5.32 Å². The topological polar surface area (TPSA) is 21.3 Å². The molecule has 0 amide bonds. The third-order valence-corrected chi connectivity index (χ3v) is 3.51. The quantitative estimate of drug-likeness (QED) is 0.784. The Morgan fingerprint density at radius 2 is 1.88 bits per heavy atom. The predicted molar refractivity (Wildman–Crippen MR) is 73.3 cm³/mol. The van der Waals surface area contributed by atoms with Crippen LogP contribution in [0.25, 0.3) is 0 Å². The molecule has 1 rings (SSSR count). The molecular formula is C15H25NO. The first kappa shape index (κ1) is 14.2. The lowest BCUT2D eigenvalue weighted by Gasteiger charge is -2.33. The van der Waals surface area contributed by atoms with Crippen LogP contribution in [0, 0.1) is 0 Å². The Labute approximate surface area is 105 Å². The molecule has 0 bridgehead atoms. The summed E-state index contributed by atoms with van der Waals surface area (Å²) >= 11 is 0. The van der Waals surface area contributed by atoms with Gasteiger partial charge in [0.1, 0.15) is 0 Å². The van der Waals surface area contributed by atoms with Crippen LogP contribution in [0.15, 0.2) is 30.3 Å². The molecule has 0 aliphatic carbocycles. The summed E-state index contributed by atoms with van der Waals surface area (Å²) in [6.45, 7) is 4.27. The molecule has 2 nitrogen and oxygen atoms in total. The zero-order valence-corrected chi connectivity index (χ0v) is 11.5. The lowest BCUT2D eigenvalue weighted by Crippen LogP contribution is -2.46. The second kappa shape index (κ2) is 6.77. The Balaban J connectivity index is 2.39. The molecule has 0 saturated heterocycles. The molecule has 17 heavy (non-hydrogen) atoms. The summed E-state index contributed by atoms with van der Waals surface area (Å²) in [7, 11) is 3.79. The second-order valence-corrected chi connectivity index (χ2v) is 5.03. The van der Waals surface area contributed by atoms with E-state index in [1.54, 1.807) is 7.11 Å². The smallest absolute Gasteiger partial charge is 0.0774 e. The standard InChI is InChI=1S/C15H25NO/c1-15(2,17-4)14(16-3)12-8-11-13-9-6-5-7-10-13/h5-7,9-10,14,16H,8,11-12H2,1-4H3. The molecule has 1 atom stereocenters. The second-order valence-electron chi connectivity index (χ2n) is 5.03. The molecule has 0 fully saturated rings. The Morgan fingerprint density at radius 3 is 2.41 bits per heavy atom. The Bertz CT molecular complexity index is 308. The van der Waals surface area contributed by atoms with Crippen LogP contribution in [0.1, 0.15) is 32.3 Å². The molecule has 96 valence electrons. The zero-order valence-electron chi connectivity index (χ0n) is 11.5. The van der Waals surface area contributed by atoms with Crippen molar-refractivity contribution in [2.45, 2.75) is 44.8 Å². The van der Waals surface area contributed by atoms with Crippen LogP contribution in [0.5, 0.6) is 0 Å². The normalized spacial score (nSPS) is 13.6. The molecule has 1 aromatic carbocycles. The number of rotatable bonds is 7. The van der Waals surface area contributed by atoms with Crippen molar-refractivity contribution in [2.75, 3.05) is 14.2 Å². The van der Waals surface area contributed by atoms with Crippen molar-refractivity contribution in [2.24, 2.45) is 0 Å². The van der Waals surface area contributed by atoms with E-state index in [0.717, 1.165) is 12.8 Å². The van der Waals surface area contributed by atoms with Crippen LogP contribution in [-0.2, 0) is 11.2 Å². The van der Waals surface area contributed by atoms with Crippen molar-refractivity contribution in [1.29, 1.82) is 0 Å². The van der Waals surface area contributed by atoms with E-state index in [0.29, 0.717) is 6.04 Å². The monoisotopic (exact) mass is 235 g/mol. The number of aryl methyl sites for hydroxylation is 1. The van der Waals surface area contributed by atoms with Crippen LogP contribution in [0.4, 0.5) is 0 Å². The molecule has 0 aliphatic heterocycles. The van der Waals surface area contributed by atoms with E-state index in [9.17, 15) is 0 Å². The average molecular weight is 235 g/mol. The van der Waals surface area contributed by atoms with Gasteiger partial charge in [-0.15, -0.1) is 0 Å². The van der Waals surface area contributed by atoms with Crippen LogP contribution in [-0.4, -0.2) is 25.8 Å². The van der Waals surface area contributed by atoms with Gasteiger partial charge >= 0.3 is 0 Å². The van der Waals surface area contributed by atoms with Crippen LogP contribution in [0.3, 0.4) is 0 Å². The largest absolute Gasteiger partial charge is 0.377 e. The van der Waals surface area contributed by atoms with Gasteiger partial charge in [-0.05, 0) is 45.7 Å². The maximum Gasteiger partial charge on any atom is 0.0774 e. The number of hydrogen-bond acceptors (Lipinski definition) is 2. The van der Waals surface area contributed by atoms with Crippen molar-refractivity contribution in [3.05, 3.63) is 35.9 Å².